The molecule has 1 aromatic rings. The average molecular weight is 246 g/mol. The Labute approximate surface area is 111 Å². The van der Waals surface area contributed by atoms with Gasteiger partial charge in [-0.25, -0.2) is 0 Å². The fourth-order valence-electron chi connectivity index (χ4n) is 2.77. The first-order chi connectivity index (χ1) is 8.58. The van der Waals surface area contributed by atoms with Crippen LogP contribution in [-0.2, 0) is 0 Å². The first kappa shape index (κ1) is 13.4. The molecule has 18 heavy (non-hydrogen) atoms. The second-order valence-corrected chi connectivity index (χ2v) is 6.03. The van der Waals surface area contributed by atoms with E-state index in [2.05, 4.69) is 62.2 Å². The number of nitrogens with one attached hydrogen (secondary N) is 1. The van der Waals surface area contributed by atoms with E-state index < -0.39 is 0 Å². The molecule has 0 aliphatic carbocycles. The van der Waals surface area contributed by atoms with Crippen molar-refractivity contribution in [2.24, 2.45) is 5.92 Å². The third kappa shape index (κ3) is 3.05. The summed E-state index contributed by atoms with van der Waals surface area (Å²) in [5.74, 6) is 1.29. The molecule has 1 saturated heterocycles. The van der Waals surface area contributed by atoms with Crippen LogP contribution in [0.25, 0.3) is 0 Å². The molecule has 1 aliphatic rings. The van der Waals surface area contributed by atoms with Crippen LogP contribution in [0.5, 0.6) is 0 Å². The Morgan fingerprint density at radius 2 is 1.89 bits per heavy atom. The van der Waals surface area contributed by atoms with E-state index in [1.807, 2.05) is 0 Å². The molecule has 1 aromatic carbocycles. The molecule has 2 unspecified atom stereocenters. The number of hydrogen-bond acceptors (Lipinski definition) is 2. The zero-order valence-electron chi connectivity index (χ0n) is 12.1. The third-order valence-corrected chi connectivity index (χ3v) is 3.74. The van der Waals surface area contributed by atoms with E-state index >= 15 is 0 Å². The van der Waals surface area contributed by atoms with Gasteiger partial charge in [0.25, 0.3) is 0 Å². The van der Waals surface area contributed by atoms with Crippen LogP contribution in [0.2, 0.25) is 0 Å². The largest absolute Gasteiger partial charge is 0.369 e. The zero-order valence-corrected chi connectivity index (χ0v) is 12.1. The minimum atomic E-state index is 0.565. The SMILES string of the molecule is CC1CNC(C)CN(c2ccccc2C(C)C)C1. The molecule has 2 heteroatoms. The van der Waals surface area contributed by atoms with Gasteiger partial charge in [-0.2, -0.15) is 0 Å². The maximum atomic E-state index is 3.60. The van der Waals surface area contributed by atoms with Crippen LogP contribution < -0.4 is 10.2 Å². The van der Waals surface area contributed by atoms with Crippen molar-refractivity contribution in [1.82, 2.24) is 5.32 Å². The van der Waals surface area contributed by atoms with Crippen molar-refractivity contribution in [1.29, 1.82) is 0 Å². The molecular formula is C16H26N2. The minimum absolute atomic E-state index is 0.565. The van der Waals surface area contributed by atoms with Gasteiger partial charge in [0.2, 0.25) is 0 Å². The molecule has 0 aromatic heterocycles. The lowest BCUT2D eigenvalue weighted by Gasteiger charge is -2.29. The molecule has 0 spiro atoms. The second-order valence-electron chi connectivity index (χ2n) is 6.03. The summed E-state index contributed by atoms with van der Waals surface area (Å²) in [4.78, 5) is 2.56. The summed E-state index contributed by atoms with van der Waals surface area (Å²) < 4.78 is 0. The van der Waals surface area contributed by atoms with Crippen LogP contribution in [-0.4, -0.2) is 25.7 Å². The van der Waals surface area contributed by atoms with Crippen molar-refractivity contribution >= 4 is 5.69 Å². The molecule has 2 nitrogen and oxygen atoms in total. The van der Waals surface area contributed by atoms with E-state index in [1.165, 1.54) is 11.3 Å². The van der Waals surface area contributed by atoms with Crippen LogP contribution in [0.1, 0.15) is 39.2 Å². The molecule has 100 valence electrons. The quantitative estimate of drug-likeness (QED) is 0.862. The van der Waals surface area contributed by atoms with Gasteiger partial charge in [0.15, 0.2) is 0 Å². The number of anilines is 1. The zero-order chi connectivity index (χ0) is 13.1. The molecule has 0 saturated carbocycles. The maximum Gasteiger partial charge on any atom is 0.0402 e. The van der Waals surface area contributed by atoms with E-state index in [-0.39, 0.29) is 0 Å². The maximum absolute atomic E-state index is 3.60. The van der Waals surface area contributed by atoms with E-state index in [0.717, 1.165) is 19.6 Å². The highest BCUT2D eigenvalue weighted by Gasteiger charge is 2.21. The molecule has 0 bridgehead atoms. The number of nitrogens with zero attached hydrogens (tertiary/aromatic N) is 1. The van der Waals surface area contributed by atoms with Crippen LogP contribution in [0, 0.1) is 5.92 Å². The van der Waals surface area contributed by atoms with Gasteiger partial charge in [-0.15, -0.1) is 0 Å². The first-order valence-electron chi connectivity index (χ1n) is 7.15. The van der Waals surface area contributed by atoms with Crippen LogP contribution in [0.15, 0.2) is 24.3 Å². The lowest BCUT2D eigenvalue weighted by molar-refractivity contribution is 0.525. The molecule has 0 radical (unpaired) electrons. The highest BCUT2D eigenvalue weighted by atomic mass is 15.2. The average Bonchev–Trinajstić information content (AvgIpc) is 2.51. The summed E-state index contributed by atoms with van der Waals surface area (Å²) in [6.45, 7) is 12.6. The highest BCUT2D eigenvalue weighted by Crippen LogP contribution is 2.28. The van der Waals surface area contributed by atoms with Crippen molar-refractivity contribution in [3.05, 3.63) is 29.8 Å². The van der Waals surface area contributed by atoms with Crippen molar-refractivity contribution in [2.45, 2.75) is 39.7 Å². The Bertz CT molecular complexity index is 374. The van der Waals surface area contributed by atoms with Crippen LogP contribution in [0.4, 0.5) is 5.69 Å². The van der Waals surface area contributed by atoms with Gasteiger partial charge in [0, 0.05) is 24.8 Å². The topological polar surface area (TPSA) is 15.3 Å². The predicted molar refractivity (Wildman–Crippen MR) is 79.4 cm³/mol. The molecule has 1 heterocycles. The van der Waals surface area contributed by atoms with Gasteiger partial charge in [-0.05, 0) is 36.9 Å². The van der Waals surface area contributed by atoms with Crippen molar-refractivity contribution in [3.8, 4) is 0 Å². The van der Waals surface area contributed by atoms with E-state index in [1.54, 1.807) is 0 Å². The van der Waals surface area contributed by atoms with E-state index in [0.29, 0.717) is 17.9 Å². The van der Waals surface area contributed by atoms with Gasteiger partial charge in [0.1, 0.15) is 0 Å². The fraction of sp³-hybridized carbons (Fsp3) is 0.625. The predicted octanol–water partition coefficient (Wildman–Crippen LogP) is 3.24. The number of para-hydroxylation sites is 1. The van der Waals surface area contributed by atoms with Crippen LogP contribution in [0.3, 0.4) is 0 Å². The summed E-state index contributed by atoms with van der Waals surface area (Å²) in [5, 5.41) is 3.60. The summed E-state index contributed by atoms with van der Waals surface area (Å²) >= 11 is 0. The normalized spacial score (nSPS) is 25.3. The van der Waals surface area contributed by atoms with Gasteiger partial charge < -0.3 is 10.2 Å². The summed E-state index contributed by atoms with van der Waals surface area (Å²) in [5.41, 5.74) is 2.90. The minimum Gasteiger partial charge on any atom is -0.369 e. The third-order valence-electron chi connectivity index (χ3n) is 3.74. The molecule has 1 aliphatic heterocycles. The molecule has 1 fully saturated rings. The van der Waals surface area contributed by atoms with Crippen molar-refractivity contribution in [2.75, 3.05) is 24.5 Å². The van der Waals surface area contributed by atoms with E-state index in [9.17, 15) is 0 Å². The van der Waals surface area contributed by atoms with Crippen molar-refractivity contribution in [3.63, 3.8) is 0 Å². The van der Waals surface area contributed by atoms with Gasteiger partial charge in [0.05, 0.1) is 0 Å². The standard InChI is InChI=1S/C16H26N2/c1-12(2)15-7-5-6-8-16(15)18-10-13(3)9-17-14(4)11-18/h5-8,12-14,17H,9-11H2,1-4H3. The van der Waals surface area contributed by atoms with Crippen molar-refractivity contribution < 1.29 is 0 Å². The highest BCUT2D eigenvalue weighted by molar-refractivity contribution is 5.55. The van der Waals surface area contributed by atoms with Gasteiger partial charge in [-0.3, -0.25) is 0 Å². The molecule has 1 N–H and O–H groups in total. The Morgan fingerprint density at radius 1 is 1.17 bits per heavy atom. The first-order valence-corrected chi connectivity index (χ1v) is 7.15. The second kappa shape index (κ2) is 5.75. The molecule has 0 amide bonds. The number of benzene rings is 1. The molecular weight excluding hydrogens is 220 g/mol. The summed E-state index contributed by atoms with van der Waals surface area (Å²) in [7, 11) is 0. The molecule has 2 rings (SSSR count). The Hall–Kier alpha value is -1.02. The number of rotatable bonds is 2. The smallest absolute Gasteiger partial charge is 0.0402 e. The Kier molecular flexibility index (Phi) is 4.28. The fourth-order valence-corrected chi connectivity index (χ4v) is 2.77. The lowest BCUT2D eigenvalue weighted by Crippen LogP contribution is -2.35. The monoisotopic (exact) mass is 246 g/mol. The number of hydrogen-bond donors (Lipinski definition) is 1. The molecule has 2 atom stereocenters. The summed E-state index contributed by atoms with van der Waals surface area (Å²) in [6, 6.07) is 9.43. The van der Waals surface area contributed by atoms with Crippen LogP contribution >= 0.6 is 0 Å². The van der Waals surface area contributed by atoms with Gasteiger partial charge in [-0.1, -0.05) is 39.0 Å². The van der Waals surface area contributed by atoms with Gasteiger partial charge >= 0.3 is 0 Å². The Balaban J connectivity index is 2.28. The Morgan fingerprint density at radius 3 is 2.61 bits per heavy atom. The summed E-state index contributed by atoms with van der Waals surface area (Å²) in [6.07, 6.45) is 0. The lowest BCUT2D eigenvalue weighted by atomic mass is 9.99. The van der Waals surface area contributed by atoms with E-state index in [4.69, 9.17) is 0 Å².